The van der Waals surface area contributed by atoms with E-state index in [0.717, 1.165) is 58.6 Å². The maximum Gasteiger partial charge on any atom is 0.228 e. The van der Waals surface area contributed by atoms with Crippen molar-refractivity contribution in [1.29, 1.82) is 0 Å². The van der Waals surface area contributed by atoms with Crippen LogP contribution < -0.4 is 4.74 Å². The summed E-state index contributed by atoms with van der Waals surface area (Å²) >= 11 is 3.10. The molecule has 3 heterocycles. The summed E-state index contributed by atoms with van der Waals surface area (Å²) in [6.45, 7) is 2.07. The molecule has 1 atom stereocenters. The van der Waals surface area contributed by atoms with Crippen molar-refractivity contribution >= 4 is 29.0 Å². The number of ether oxygens (including phenoxy) is 2. The molecule has 0 N–H and O–H groups in total. The van der Waals surface area contributed by atoms with Crippen molar-refractivity contribution < 1.29 is 14.3 Å². The van der Waals surface area contributed by atoms with Crippen molar-refractivity contribution in [1.82, 2.24) is 19.9 Å². The van der Waals surface area contributed by atoms with Gasteiger partial charge < -0.3 is 14.4 Å². The minimum Gasteiger partial charge on any atom is -0.497 e. The van der Waals surface area contributed by atoms with Crippen molar-refractivity contribution in [2.45, 2.75) is 30.3 Å². The van der Waals surface area contributed by atoms with E-state index in [0.29, 0.717) is 19.6 Å². The normalized spacial score (nSPS) is 16.1. The number of carbonyl (C=O) groups is 1. The van der Waals surface area contributed by atoms with Crippen molar-refractivity contribution in [2.75, 3.05) is 39.7 Å². The zero-order valence-corrected chi connectivity index (χ0v) is 20.5. The molecule has 0 radical (unpaired) electrons. The molecule has 1 saturated heterocycles. The second-order valence-corrected chi connectivity index (χ2v) is 9.64. The summed E-state index contributed by atoms with van der Waals surface area (Å²) in [6, 6.07) is 7.96. The average molecular weight is 485 g/mol. The molecule has 9 heteroatoms. The van der Waals surface area contributed by atoms with Gasteiger partial charge in [0, 0.05) is 49.0 Å². The first kappa shape index (κ1) is 23.7. The van der Waals surface area contributed by atoms with E-state index in [9.17, 15) is 4.79 Å². The number of thiazole rings is 1. The summed E-state index contributed by atoms with van der Waals surface area (Å²) in [5.41, 5.74) is 5.60. The first-order valence-electron chi connectivity index (χ1n) is 11.0. The van der Waals surface area contributed by atoms with Gasteiger partial charge >= 0.3 is 0 Å². The molecule has 1 fully saturated rings. The minimum atomic E-state index is 0.122. The molecule has 0 unspecified atom stereocenters. The molecule has 0 saturated carbocycles. The van der Waals surface area contributed by atoms with E-state index in [-0.39, 0.29) is 11.8 Å². The predicted molar refractivity (Wildman–Crippen MR) is 131 cm³/mol. The third kappa shape index (κ3) is 6.10. The van der Waals surface area contributed by atoms with Gasteiger partial charge in [0.2, 0.25) is 5.91 Å². The molecule has 174 valence electrons. The van der Waals surface area contributed by atoms with Gasteiger partial charge in [-0.15, -0.1) is 11.3 Å². The highest BCUT2D eigenvalue weighted by atomic mass is 32.2. The van der Waals surface area contributed by atoms with E-state index in [4.69, 9.17) is 14.5 Å². The molecular formula is C24H28N4O3S2. The molecule has 1 aliphatic rings. The van der Waals surface area contributed by atoms with Crippen molar-refractivity contribution in [3.05, 3.63) is 52.7 Å². The highest BCUT2D eigenvalue weighted by Crippen LogP contribution is 2.35. The summed E-state index contributed by atoms with van der Waals surface area (Å²) in [5, 5.41) is 2.67. The van der Waals surface area contributed by atoms with E-state index in [1.165, 1.54) is 11.3 Å². The highest BCUT2D eigenvalue weighted by molar-refractivity contribution is 7.99. The number of likely N-dealkylation sites (tertiary alicyclic amines) is 1. The Morgan fingerprint density at radius 1 is 1.30 bits per heavy atom. The number of methoxy groups -OCH3 is 2. The lowest BCUT2D eigenvalue weighted by molar-refractivity contribution is -0.131. The fraction of sp³-hybridized carbons (Fsp3) is 0.417. The van der Waals surface area contributed by atoms with E-state index in [2.05, 4.69) is 16.0 Å². The Morgan fingerprint density at radius 3 is 3.00 bits per heavy atom. The number of thioether (sulfide) groups is 1. The second kappa shape index (κ2) is 11.6. The highest BCUT2D eigenvalue weighted by Gasteiger charge is 2.28. The topological polar surface area (TPSA) is 77.4 Å². The van der Waals surface area contributed by atoms with Gasteiger partial charge in [-0.3, -0.25) is 4.79 Å². The summed E-state index contributed by atoms with van der Waals surface area (Å²) < 4.78 is 10.6. The third-order valence-electron chi connectivity index (χ3n) is 5.67. The zero-order valence-electron chi connectivity index (χ0n) is 18.9. The smallest absolute Gasteiger partial charge is 0.228 e. The number of piperidine rings is 1. The number of hydrogen-bond acceptors (Lipinski definition) is 8. The molecule has 1 amide bonds. The van der Waals surface area contributed by atoms with E-state index < -0.39 is 0 Å². The van der Waals surface area contributed by atoms with Crippen molar-refractivity contribution in [3.63, 3.8) is 0 Å². The number of nitrogens with zero attached hydrogens (tertiary/aromatic N) is 4. The first-order chi connectivity index (χ1) is 16.2. The van der Waals surface area contributed by atoms with Crippen LogP contribution >= 0.6 is 23.1 Å². The summed E-state index contributed by atoms with van der Waals surface area (Å²) in [6.07, 6.45) is 4.18. The van der Waals surface area contributed by atoms with Gasteiger partial charge in [0.25, 0.3) is 0 Å². The van der Waals surface area contributed by atoms with E-state index >= 15 is 0 Å². The Kier molecular flexibility index (Phi) is 8.30. The van der Waals surface area contributed by atoms with Crippen LogP contribution in [0.3, 0.4) is 0 Å². The van der Waals surface area contributed by atoms with E-state index in [1.807, 2.05) is 34.7 Å². The van der Waals surface area contributed by atoms with Crippen LogP contribution in [0.25, 0.3) is 11.1 Å². The fourth-order valence-corrected chi connectivity index (χ4v) is 5.29. The minimum absolute atomic E-state index is 0.122. The lowest BCUT2D eigenvalue weighted by atomic mass is 9.89. The lowest BCUT2D eigenvalue weighted by Gasteiger charge is -2.33. The second-order valence-electron chi connectivity index (χ2n) is 7.86. The van der Waals surface area contributed by atoms with Crippen LogP contribution in [0.15, 0.2) is 46.5 Å². The van der Waals surface area contributed by atoms with Gasteiger partial charge in [-0.25, -0.2) is 15.0 Å². The number of carbonyl (C=O) groups excluding carboxylic acids is 1. The Hall–Kier alpha value is -2.49. The first-order valence-corrected chi connectivity index (χ1v) is 12.9. The number of amides is 1. The number of hydrogen-bond donors (Lipinski definition) is 0. The van der Waals surface area contributed by atoms with Crippen LogP contribution in [0.1, 0.15) is 30.1 Å². The van der Waals surface area contributed by atoms with Crippen LogP contribution in [0.2, 0.25) is 0 Å². The van der Waals surface area contributed by atoms with Gasteiger partial charge in [0.15, 0.2) is 5.16 Å². The van der Waals surface area contributed by atoms with Crippen LogP contribution in [0.4, 0.5) is 0 Å². The summed E-state index contributed by atoms with van der Waals surface area (Å²) in [4.78, 5) is 28.8. The van der Waals surface area contributed by atoms with Crippen LogP contribution in [-0.4, -0.2) is 65.4 Å². The Morgan fingerprint density at radius 2 is 2.21 bits per heavy atom. The molecule has 2 aromatic heterocycles. The number of benzene rings is 1. The molecule has 0 aliphatic carbocycles. The maximum atomic E-state index is 12.9. The quantitative estimate of drug-likeness (QED) is 0.255. The number of aromatic nitrogens is 3. The third-order valence-corrected chi connectivity index (χ3v) is 7.13. The molecule has 1 aromatic carbocycles. The molecule has 7 nitrogen and oxygen atoms in total. The molecule has 33 heavy (non-hydrogen) atoms. The SMILES string of the molecule is COCCSc1ncc(-c2cccc(OC)c2)c([C@@H]2CCCN(C(=O)Cc3cscn3)C2)n1. The lowest BCUT2D eigenvalue weighted by Crippen LogP contribution is -2.40. The molecular weight excluding hydrogens is 456 g/mol. The number of rotatable bonds is 9. The molecule has 0 spiro atoms. The van der Waals surface area contributed by atoms with Gasteiger partial charge in [-0.1, -0.05) is 23.9 Å². The molecule has 1 aliphatic heterocycles. The standard InChI is InChI=1S/C24H28N4O3S2/c1-30-9-10-33-24-25-13-21(17-5-3-7-20(11-17)31-2)23(27-24)18-6-4-8-28(14-18)22(29)12-19-15-32-16-26-19/h3,5,7,11,13,15-16,18H,4,6,8-10,12,14H2,1-2H3/t18-/m1/s1. The zero-order chi connectivity index (χ0) is 23.0. The maximum absolute atomic E-state index is 12.9. The summed E-state index contributed by atoms with van der Waals surface area (Å²) in [7, 11) is 3.36. The van der Waals surface area contributed by atoms with Gasteiger partial charge in [-0.05, 0) is 30.5 Å². The largest absolute Gasteiger partial charge is 0.497 e. The van der Waals surface area contributed by atoms with Gasteiger partial charge in [-0.2, -0.15) is 0 Å². The summed E-state index contributed by atoms with van der Waals surface area (Å²) in [5.74, 6) is 1.85. The van der Waals surface area contributed by atoms with E-state index in [1.54, 1.807) is 31.5 Å². The van der Waals surface area contributed by atoms with Crippen LogP contribution in [-0.2, 0) is 16.0 Å². The predicted octanol–water partition coefficient (Wildman–Crippen LogP) is 4.30. The molecule has 0 bridgehead atoms. The fourth-order valence-electron chi connectivity index (χ4n) is 4.01. The van der Waals surface area contributed by atoms with Crippen molar-refractivity contribution in [2.24, 2.45) is 0 Å². The monoisotopic (exact) mass is 484 g/mol. The van der Waals surface area contributed by atoms with Gasteiger partial charge in [0.05, 0.1) is 37.0 Å². The van der Waals surface area contributed by atoms with Crippen LogP contribution in [0, 0.1) is 0 Å². The van der Waals surface area contributed by atoms with Crippen molar-refractivity contribution in [3.8, 4) is 16.9 Å². The molecule has 4 rings (SSSR count). The Bertz CT molecular complexity index is 1060. The average Bonchev–Trinajstić information content (AvgIpc) is 3.37. The Labute approximate surface area is 202 Å². The van der Waals surface area contributed by atoms with Crippen LogP contribution in [0.5, 0.6) is 5.75 Å². The van der Waals surface area contributed by atoms with Gasteiger partial charge in [0.1, 0.15) is 5.75 Å². The Balaban J connectivity index is 1.61. The molecule has 3 aromatic rings.